The molecule has 3 heteroatoms. The van der Waals surface area contributed by atoms with Crippen LogP contribution in [0.1, 0.15) is 16.7 Å². The van der Waals surface area contributed by atoms with Crippen LogP contribution in [0.15, 0.2) is 42.5 Å². The van der Waals surface area contributed by atoms with Crippen LogP contribution in [0, 0.1) is 18.6 Å². The van der Waals surface area contributed by atoms with Gasteiger partial charge in [0.25, 0.3) is 0 Å². The zero-order valence-corrected chi connectivity index (χ0v) is 10.2. The Morgan fingerprint density at radius 1 is 0.944 bits per heavy atom. The van der Waals surface area contributed by atoms with E-state index in [1.807, 2.05) is 6.07 Å². The van der Waals surface area contributed by atoms with Crippen molar-refractivity contribution >= 4 is 0 Å². The fourth-order valence-electron chi connectivity index (χ4n) is 1.80. The Morgan fingerprint density at radius 3 is 2.44 bits per heavy atom. The molecule has 0 aliphatic rings. The maximum atomic E-state index is 13.3. The van der Waals surface area contributed by atoms with Crippen molar-refractivity contribution in [2.75, 3.05) is 0 Å². The summed E-state index contributed by atoms with van der Waals surface area (Å²) in [5.74, 6) is -0.409. The molecule has 0 atom stereocenters. The van der Waals surface area contributed by atoms with Crippen molar-refractivity contribution in [2.24, 2.45) is 0 Å². The summed E-state index contributed by atoms with van der Waals surface area (Å²) in [5, 5.41) is 3.14. The van der Waals surface area contributed by atoms with E-state index in [-0.39, 0.29) is 11.6 Å². The Bertz CT molecular complexity index is 538. The minimum Gasteiger partial charge on any atom is -0.309 e. The average molecular weight is 247 g/mol. The average Bonchev–Trinajstić information content (AvgIpc) is 2.36. The van der Waals surface area contributed by atoms with E-state index in [0.717, 1.165) is 5.56 Å². The number of aryl methyl sites for hydroxylation is 1. The lowest BCUT2D eigenvalue weighted by atomic mass is 10.1. The first-order valence-corrected chi connectivity index (χ1v) is 5.86. The minimum atomic E-state index is -0.208. The second-order valence-electron chi connectivity index (χ2n) is 4.28. The smallest absolute Gasteiger partial charge is 0.127 e. The van der Waals surface area contributed by atoms with Crippen molar-refractivity contribution in [1.82, 2.24) is 5.32 Å². The number of hydrogen-bond acceptors (Lipinski definition) is 1. The zero-order valence-electron chi connectivity index (χ0n) is 10.2. The third-order valence-corrected chi connectivity index (χ3v) is 2.82. The predicted octanol–water partition coefficient (Wildman–Crippen LogP) is 3.56. The first kappa shape index (κ1) is 12.7. The highest BCUT2D eigenvalue weighted by atomic mass is 19.1. The SMILES string of the molecule is Cc1cc(CNCc2ccccc2F)ccc1F. The van der Waals surface area contributed by atoms with Crippen LogP contribution in [-0.2, 0) is 13.1 Å². The molecule has 0 amide bonds. The number of nitrogens with one attached hydrogen (secondary N) is 1. The van der Waals surface area contributed by atoms with Gasteiger partial charge in [-0.05, 0) is 30.2 Å². The fourth-order valence-corrected chi connectivity index (χ4v) is 1.80. The van der Waals surface area contributed by atoms with E-state index in [1.54, 1.807) is 31.2 Å². The van der Waals surface area contributed by atoms with Crippen LogP contribution in [0.3, 0.4) is 0 Å². The Balaban J connectivity index is 1.92. The first-order chi connectivity index (χ1) is 8.66. The molecule has 0 aromatic heterocycles. The highest BCUT2D eigenvalue weighted by Crippen LogP contribution is 2.10. The highest BCUT2D eigenvalue weighted by Gasteiger charge is 2.01. The van der Waals surface area contributed by atoms with Crippen molar-refractivity contribution in [1.29, 1.82) is 0 Å². The second-order valence-corrected chi connectivity index (χ2v) is 4.28. The molecule has 0 heterocycles. The van der Waals surface area contributed by atoms with Crippen LogP contribution in [0.4, 0.5) is 8.78 Å². The number of halogens is 2. The summed E-state index contributed by atoms with van der Waals surface area (Å²) >= 11 is 0. The lowest BCUT2D eigenvalue weighted by Crippen LogP contribution is -2.13. The predicted molar refractivity (Wildman–Crippen MR) is 68.1 cm³/mol. The third-order valence-electron chi connectivity index (χ3n) is 2.82. The number of benzene rings is 2. The fraction of sp³-hybridized carbons (Fsp3) is 0.200. The molecule has 0 aliphatic heterocycles. The lowest BCUT2D eigenvalue weighted by molar-refractivity contribution is 0.587. The first-order valence-electron chi connectivity index (χ1n) is 5.86. The molecule has 0 radical (unpaired) electrons. The molecule has 2 aromatic rings. The van der Waals surface area contributed by atoms with E-state index in [0.29, 0.717) is 24.2 Å². The quantitative estimate of drug-likeness (QED) is 0.871. The Labute approximate surface area is 105 Å². The molecule has 0 fully saturated rings. The van der Waals surface area contributed by atoms with Gasteiger partial charge in [0, 0.05) is 18.7 Å². The molecule has 0 spiro atoms. The molecule has 0 unspecified atom stereocenters. The van der Waals surface area contributed by atoms with Gasteiger partial charge in [0.15, 0.2) is 0 Å². The Hall–Kier alpha value is -1.74. The van der Waals surface area contributed by atoms with Gasteiger partial charge in [0.2, 0.25) is 0 Å². The van der Waals surface area contributed by atoms with Gasteiger partial charge < -0.3 is 5.32 Å². The van der Waals surface area contributed by atoms with Gasteiger partial charge >= 0.3 is 0 Å². The van der Waals surface area contributed by atoms with Gasteiger partial charge in [-0.1, -0.05) is 30.3 Å². The van der Waals surface area contributed by atoms with E-state index >= 15 is 0 Å². The van der Waals surface area contributed by atoms with Gasteiger partial charge in [-0.3, -0.25) is 0 Å². The van der Waals surface area contributed by atoms with E-state index in [2.05, 4.69) is 5.32 Å². The minimum absolute atomic E-state index is 0.201. The lowest BCUT2D eigenvalue weighted by Gasteiger charge is -2.07. The maximum absolute atomic E-state index is 13.3. The number of rotatable bonds is 4. The summed E-state index contributed by atoms with van der Waals surface area (Å²) in [6.45, 7) is 2.79. The zero-order chi connectivity index (χ0) is 13.0. The highest BCUT2D eigenvalue weighted by molar-refractivity contribution is 5.24. The summed E-state index contributed by atoms with van der Waals surface area (Å²) in [6.07, 6.45) is 0. The molecule has 0 saturated heterocycles. The molecule has 18 heavy (non-hydrogen) atoms. The molecule has 1 nitrogen and oxygen atoms in total. The number of hydrogen-bond donors (Lipinski definition) is 1. The van der Waals surface area contributed by atoms with Crippen molar-refractivity contribution in [3.05, 3.63) is 70.8 Å². The van der Waals surface area contributed by atoms with Crippen molar-refractivity contribution < 1.29 is 8.78 Å². The summed E-state index contributed by atoms with van der Waals surface area (Å²) in [5.41, 5.74) is 2.25. The standard InChI is InChI=1S/C15H15F2N/c1-11-8-12(6-7-14(11)16)9-18-10-13-4-2-3-5-15(13)17/h2-8,18H,9-10H2,1H3. The second kappa shape index (κ2) is 5.74. The van der Waals surface area contributed by atoms with Gasteiger partial charge in [0.05, 0.1) is 0 Å². The van der Waals surface area contributed by atoms with Crippen LogP contribution in [0.25, 0.3) is 0 Å². The molecule has 2 aromatic carbocycles. The van der Waals surface area contributed by atoms with Crippen LogP contribution >= 0.6 is 0 Å². The van der Waals surface area contributed by atoms with Gasteiger partial charge in [-0.2, -0.15) is 0 Å². The molecule has 0 saturated carbocycles. The monoisotopic (exact) mass is 247 g/mol. The van der Waals surface area contributed by atoms with Gasteiger partial charge in [0.1, 0.15) is 11.6 Å². The van der Waals surface area contributed by atoms with Crippen LogP contribution in [0.2, 0.25) is 0 Å². The normalized spacial score (nSPS) is 10.6. The topological polar surface area (TPSA) is 12.0 Å². The van der Waals surface area contributed by atoms with E-state index in [1.165, 1.54) is 12.1 Å². The van der Waals surface area contributed by atoms with Crippen LogP contribution in [-0.4, -0.2) is 0 Å². The molecular formula is C15H15F2N. The summed E-state index contributed by atoms with van der Waals surface area (Å²) < 4.78 is 26.4. The van der Waals surface area contributed by atoms with E-state index in [4.69, 9.17) is 0 Å². The molecule has 1 N–H and O–H groups in total. The molecule has 94 valence electrons. The van der Waals surface area contributed by atoms with Gasteiger partial charge in [-0.25, -0.2) is 8.78 Å². The third kappa shape index (κ3) is 3.14. The Morgan fingerprint density at radius 2 is 1.72 bits per heavy atom. The summed E-state index contributed by atoms with van der Waals surface area (Å²) in [6, 6.07) is 11.7. The largest absolute Gasteiger partial charge is 0.309 e. The van der Waals surface area contributed by atoms with Crippen molar-refractivity contribution in [2.45, 2.75) is 20.0 Å². The molecular weight excluding hydrogens is 232 g/mol. The Kier molecular flexibility index (Phi) is 4.05. The van der Waals surface area contributed by atoms with E-state index in [9.17, 15) is 8.78 Å². The van der Waals surface area contributed by atoms with E-state index < -0.39 is 0 Å². The van der Waals surface area contributed by atoms with Gasteiger partial charge in [-0.15, -0.1) is 0 Å². The molecule has 2 rings (SSSR count). The van der Waals surface area contributed by atoms with Crippen molar-refractivity contribution in [3.8, 4) is 0 Å². The summed E-state index contributed by atoms with van der Waals surface area (Å²) in [7, 11) is 0. The summed E-state index contributed by atoms with van der Waals surface area (Å²) in [4.78, 5) is 0. The van der Waals surface area contributed by atoms with Crippen molar-refractivity contribution in [3.63, 3.8) is 0 Å². The van der Waals surface area contributed by atoms with Crippen LogP contribution in [0.5, 0.6) is 0 Å². The molecule has 0 bridgehead atoms. The van der Waals surface area contributed by atoms with Crippen LogP contribution < -0.4 is 5.32 Å². The maximum Gasteiger partial charge on any atom is 0.127 e. The molecule has 0 aliphatic carbocycles.